The van der Waals surface area contributed by atoms with Gasteiger partial charge in [0.25, 0.3) is 15.7 Å². The lowest BCUT2D eigenvalue weighted by Gasteiger charge is -2.11. The van der Waals surface area contributed by atoms with Crippen LogP contribution in [0, 0.1) is 17.0 Å². The monoisotopic (exact) mass is 356 g/mol. The van der Waals surface area contributed by atoms with Crippen molar-refractivity contribution in [3.63, 3.8) is 0 Å². The summed E-state index contributed by atoms with van der Waals surface area (Å²) in [6, 6.07) is 8.13. The topological polar surface area (TPSA) is 98.5 Å². The van der Waals surface area contributed by atoms with Crippen LogP contribution in [0.5, 0.6) is 5.75 Å². The van der Waals surface area contributed by atoms with E-state index in [0.29, 0.717) is 16.3 Å². The molecule has 2 aromatic rings. The van der Waals surface area contributed by atoms with Crippen molar-refractivity contribution in [2.24, 2.45) is 0 Å². The van der Waals surface area contributed by atoms with Crippen molar-refractivity contribution >= 4 is 33.0 Å². The molecular weight excluding hydrogens is 344 g/mol. The molecule has 0 saturated heterocycles. The largest absolute Gasteiger partial charge is 0.497 e. The normalized spacial score (nSPS) is 11.1. The highest BCUT2D eigenvalue weighted by atomic mass is 35.5. The maximum absolute atomic E-state index is 12.5. The van der Waals surface area contributed by atoms with E-state index < -0.39 is 25.5 Å². The number of methoxy groups -OCH3 is 1. The summed E-state index contributed by atoms with van der Waals surface area (Å²) in [4.78, 5) is 9.92. The van der Waals surface area contributed by atoms with E-state index in [0.717, 1.165) is 12.1 Å². The van der Waals surface area contributed by atoms with E-state index in [2.05, 4.69) is 4.72 Å². The molecule has 0 aliphatic carbocycles. The molecule has 0 aromatic heterocycles. The molecule has 0 amide bonds. The second kappa shape index (κ2) is 6.43. The Labute approximate surface area is 138 Å². The second-order valence-electron chi connectivity index (χ2n) is 4.66. The first-order valence-corrected chi connectivity index (χ1v) is 8.22. The number of hydrogen-bond acceptors (Lipinski definition) is 5. The van der Waals surface area contributed by atoms with E-state index >= 15 is 0 Å². The number of hydrogen-bond donors (Lipinski definition) is 1. The molecule has 0 radical (unpaired) electrons. The zero-order valence-electron chi connectivity index (χ0n) is 12.2. The number of halogens is 1. The summed E-state index contributed by atoms with van der Waals surface area (Å²) in [5.41, 5.74) is 0.320. The van der Waals surface area contributed by atoms with Gasteiger partial charge in [-0.15, -0.1) is 0 Å². The lowest BCUT2D eigenvalue weighted by Crippen LogP contribution is -2.15. The minimum Gasteiger partial charge on any atom is -0.497 e. The van der Waals surface area contributed by atoms with Gasteiger partial charge in [-0.1, -0.05) is 11.6 Å². The van der Waals surface area contributed by atoms with Crippen LogP contribution in [-0.4, -0.2) is 20.5 Å². The molecular formula is C14H13ClN2O5S. The molecule has 1 N–H and O–H groups in total. The third-order valence-electron chi connectivity index (χ3n) is 3.09. The second-order valence-corrected chi connectivity index (χ2v) is 6.74. The first kappa shape index (κ1) is 17.0. The molecule has 7 nitrogen and oxygen atoms in total. The molecule has 0 unspecified atom stereocenters. The number of sulfonamides is 1. The Balaban J connectivity index is 2.49. The van der Waals surface area contributed by atoms with Crippen molar-refractivity contribution in [2.75, 3.05) is 11.8 Å². The third-order valence-corrected chi connectivity index (χ3v) is 4.73. The van der Waals surface area contributed by atoms with Gasteiger partial charge in [-0.25, -0.2) is 8.42 Å². The number of anilines is 1. The number of benzene rings is 2. The quantitative estimate of drug-likeness (QED) is 0.654. The number of aryl methyl sites for hydroxylation is 1. The van der Waals surface area contributed by atoms with Gasteiger partial charge in [0.1, 0.15) is 5.75 Å². The van der Waals surface area contributed by atoms with Crippen LogP contribution < -0.4 is 9.46 Å². The minimum absolute atomic E-state index is 0.193. The average molecular weight is 357 g/mol. The highest BCUT2D eigenvalue weighted by Gasteiger charge is 2.27. The first-order valence-electron chi connectivity index (χ1n) is 6.36. The van der Waals surface area contributed by atoms with E-state index in [9.17, 15) is 18.5 Å². The Hall–Kier alpha value is -2.32. The van der Waals surface area contributed by atoms with Crippen LogP contribution in [0.4, 0.5) is 11.4 Å². The van der Waals surface area contributed by atoms with Gasteiger partial charge >= 0.3 is 0 Å². The zero-order valence-corrected chi connectivity index (χ0v) is 13.8. The Morgan fingerprint density at radius 3 is 2.48 bits per heavy atom. The van der Waals surface area contributed by atoms with Crippen LogP contribution in [0.1, 0.15) is 5.56 Å². The first-order chi connectivity index (χ1) is 10.7. The minimum atomic E-state index is -4.14. The standard InChI is InChI=1S/C14H13ClN2O5S/c1-9-7-10(15)3-5-12(9)16-23(20,21)14-6-4-11(22-2)8-13(14)17(18)19/h3-8,16H,1-2H3. The Bertz CT molecular complexity index is 867. The highest BCUT2D eigenvalue weighted by Crippen LogP contribution is 2.30. The van der Waals surface area contributed by atoms with E-state index in [1.165, 1.54) is 25.3 Å². The molecule has 9 heteroatoms. The summed E-state index contributed by atoms with van der Waals surface area (Å²) in [6.07, 6.45) is 0. The summed E-state index contributed by atoms with van der Waals surface area (Å²) >= 11 is 5.82. The Morgan fingerprint density at radius 2 is 1.91 bits per heavy atom. The summed E-state index contributed by atoms with van der Waals surface area (Å²) in [6.45, 7) is 1.67. The van der Waals surface area contributed by atoms with Crippen molar-refractivity contribution in [3.8, 4) is 5.75 Å². The van der Waals surface area contributed by atoms with E-state index in [1.807, 2.05) is 0 Å². The van der Waals surface area contributed by atoms with Gasteiger partial charge in [0.05, 0.1) is 23.8 Å². The molecule has 0 spiro atoms. The Kier molecular flexibility index (Phi) is 4.76. The fourth-order valence-electron chi connectivity index (χ4n) is 1.94. The molecule has 23 heavy (non-hydrogen) atoms. The van der Waals surface area contributed by atoms with Gasteiger partial charge in [0.2, 0.25) is 0 Å². The number of rotatable bonds is 5. The van der Waals surface area contributed by atoms with Crippen LogP contribution in [0.25, 0.3) is 0 Å². The van der Waals surface area contributed by atoms with Crippen molar-refractivity contribution in [1.82, 2.24) is 0 Å². The Morgan fingerprint density at radius 1 is 1.22 bits per heavy atom. The van der Waals surface area contributed by atoms with E-state index in [4.69, 9.17) is 16.3 Å². The predicted octanol–water partition coefficient (Wildman–Crippen LogP) is 3.37. The fourth-order valence-corrected chi connectivity index (χ4v) is 3.45. The molecule has 0 fully saturated rings. The summed E-state index contributed by atoms with van der Waals surface area (Å²) in [5, 5.41) is 11.6. The zero-order chi connectivity index (χ0) is 17.2. The number of nitro groups is 1. The van der Waals surface area contributed by atoms with E-state index in [-0.39, 0.29) is 5.75 Å². The molecule has 0 heterocycles. The molecule has 0 aliphatic rings. The van der Waals surface area contributed by atoms with Crippen LogP contribution in [-0.2, 0) is 10.0 Å². The molecule has 0 atom stereocenters. The summed E-state index contributed by atoms with van der Waals surface area (Å²) < 4.78 is 32.2. The third kappa shape index (κ3) is 3.72. The number of nitro benzene ring substituents is 1. The highest BCUT2D eigenvalue weighted by molar-refractivity contribution is 7.92. The van der Waals surface area contributed by atoms with Gasteiger partial charge in [-0.05, 0) is 42.8 Å². The van der Waals surface area contributed by atoms with Crippen LogP contribution in [0.2, 0.25) is 5.02 Å². The van der Waals surface area contributed by atoms with Gasteiger partial charge in [-0.3, -0.25) is 14.8 Å². The number of nitrogens with zero attached hydrogens (tertiary/aromatic N) is 1. The van der Waals surface area contributed by atoms with Crippen molar-refractivity contribution in [2.45, 2.75) is 11.8 Å². The molecule has 122 valence electrons. The smallest absolute Gasteiger partial charge is 0.293 e. The molecule has 0 bridgehead atoms. The molecule has 0 aliphatic heterocycles. The van der Waals surface area contributed by atoms with Crippen LogP contribution in [0.3, 0.4) is 0 Å². The van der Waals surface area contributed by atoms with Gasteiger partial charge in [0, 0.05) is 5.02 Å². The van der Waals surface area contributed by atoms with Crippen molar-refractivity contribution in [1.29, 1.82) is 0 Å². The molecule has 2 aromatic carbocycles. The SMILES string of the molecule is COc1ccc(S(=O)(=O)Nc2ccc(Cl)cc2C)c([N+](=O)[O-])c1. The van der Waals surface area contributed by atoms with Crippen molar-refractivity contribution < 1.29 is 18.1 Å². The molecule has 0 saturated carbocycles. The number of nitrogens with one attached hydrogen (secondary N) is 1. The number of ether oxygens (including phenoxy) is 1. The maximum atomic E-state index is 12.5. The van der Waals surface area contributed by atoms with Gasteiger partial charge in [0.15, 0.2) is 4.90 Å². The average Bonchev–Trinajstić information content (AvgIpc) is 2.49. The molecule has 2 rings (SSSR count). The predicted molar refractivity (Wildman–Crippen MR) is 86.6 cm³/mol. The summed E-state index contributed by atoms with van der Waals surface area (Å²) in [5.74, 6) is 0.193. The maximum Gasteiger partial charge on any atom is 0.293 e. The van der Waals surface area contributed by atoms with Crippen molar-refractivity contribution in [3.05, 3.63) is 57.1 Å². The van der Waals surface area contributed by atoms with Crippen LogP contribution >= 0.6 is 11.6 Å². The fraction of sp³-hybridized carbons (Fsp3) is 0.143. The van der Waals surface area contributed by atoms with E-state index in [1.54, 1.807) is 13.0 Å². The lowest BCUT2D eigenvalue weighted by molar-refractivity contribution is -0.387. The van der Waals surface area contributed by atoms with Gasteiger partial charge in [-0.2, -0.15) is 0 Å². The van der Waals surface area contributed by atoms with Gasteiger partial charge < -0.3 is 4.74 Å². The summed E-state index contributed by atoms with van der Waals surface area (Å²) in [7, 11) is -2.80. The lowest BCUT2D eigenvalue weighted by atomic mass is 10.2. The van der Waals surface area contributed by atoms with Crippen LogP contribution in [0.15, 0.2) is 41.3 Å².